The molecule has 2 aromatic carbocycles. The molecule has 0 aliphatic carbocycles. The molecule has 0 saturated heterocycles. The first-order valence-corrected chi connectivity index (χ1v) is 10.6. The number of rotatable bonds is 6. The molecule has 2 aromatic heterocycles. The summed E-state index contributed by atoms with van der Waals surface area (Å²) in [5.74, 6) is -0.0794. The number of carbonyl (C=O) groups excluding carboxylic acids is 1. The maximum absolute atomic E-state index is 13.2. The summed E-state index contributed by atoms with van der Waals surface area (Å²) in [4.78, 5) is 25.6. The minimum absolute atomic E-state index is 0.104. The number of hydrogen-bond acceptors (Lipinski definition) is 6. The third-order valence-corrected chi connectivity index (χ3v) is 5.73. The van der Waals surface area contributed by atoms with Crippen LogP contribution in [0.2, 0.25) is 0 Å². The molecule has 0 unspecified atom stereocenters. The van der Waals surface area contributed by atoms with Crippen molar-refractivity contribution in [3.05, 3.63) is 76.2 Å². The molecule has 0 bridgehead atoms. The number of thioether (sulfide) groups is 1. The van der Waals surface area contributed by atoms with Crippen LogP contribution in [0.1, 0.15) is 11.3 Å². The molecular formula is C21H21N7O2S. The third-order valence-electron chi connectivity index (χ3n) is 4.81. The van der Waals surface area contributed by atoms with E-state index >= 15 is 0 Å². The zero-order valence-electron chi connectivity index (χ0n) is 17.3. The van der Waals surface area contributed by atoms with Crippen LogP contribution in [0.15, 0.2) is 64.5 Å². The van der Waals surface area contributed by atoms with Crippen LogP contribution in [0.3, 0.4) is 0 Å². The molecule has 0 atom stereocenters. The molecule has 1 amide bonds. The molecule has 1 N–H and O–H groups in total. The number of para-hydroxylation sites is 1. The fourth-order valence-electron chi connectivity index (χ4n) is 3.26. The minimum Gasteiger partial charge on any atom is -0.325 e. The van der Waals surface area contributed by atoms with Gasteiger partial charge in [-0.05, 0) is 54.1 Å². The summed E-state index contributed by atoms with van der Waals surface area (Å²) in [6.07, 6.45) is 0. The molecule has 10 heteroatoms. The van der Waals surface area contributed by atoms with E-state index in [4.69, 9.17) is 0 Å². The second-order valence-electron chi connectivity index (χ2n) is 6.99. The van der Waals surface area contributed by atoms with Crippen LogP contribution < -0.4 is 10.9 Å². The Morgan fingerprint density at radius 2 is 1.87 bits per heavy atom. The Labute approximate surface area is 182 Å². The summed E-state index contributed by atoms with van der Waals surface area (Å²) in [6.45, 7) is 3.79. The maximum Gasteiger partial charge on any atom is 0.297 e. The van der Waals surface area contributed by atoms with Crippen LogP contribution in [0.4, 0.5) is 5.69 Å². The SMILES string of the molecule is Cc1cccc(NC(=O)CSc2nnnn2-c2c(C)n(C)n(-c3ccccc3)c2=O)c1. The highest BCUT2D eigenvalue weighted by atomic mass is 32.2. The topological polar surface area (TPSA) is 99.6 Å². The van der Waals surface area contributed by atoms with E-state index in [1.54, 1.807) is 16.4 Å². The second kappa shape index (κ2) is 8.60. The lowest BCUT2D eigenvalue weighted by atomic mass is 10.2. The van der Waals surface area contributed by atoms with Gasteiger partial charge in [0.05, 0.1) is 17.1 Å². The fourth-order valence-corrected chi connectivity index (χ4v) is 3.93. The number of tetrazole rings is 1. The van der Waals surface area contributed by atoms with E-state index in [1.807, 2.05) is 68.4 Å². The molecule has 0 aliphatic rings. The van der Waals surface area contributed by atoms with Crippen molar-refractivity contribution in [1.29, 1.82) is 0 Å². The van der Waals surface area contributed by atoms with Crippen LogP contribution in [0.5, 0.6) is 0 Å². The molecule has 0 aliphatic heterocycles. The van der Waals surface area contributed by atoms with Crippen molar-refractivity contribution in [1.82, 2.24) is 29.6 Å². The molecule has 0 fully saturated rings. The lowest BCUT2D eigenvalue weighted by molar-refractivity contribution is -0.113. The van der Waals surface area contributed by atoms with E-state index in [1.165, 1.54) is 16.4 Å². The van der Waals surface area contributed by atoms with Crippen molar-refractivity contribution >= 4 is 23.4 Å². The molecule has 158 valence electrons. The first-order chi connectivity index (χ1) is 15.0. The molecule has 0 saturated carbocycles. The van der Waals surface area contributed by atoms with E-state index in [9.17, 15) is 9.59 Å². The van der Waals surface area contributed by atoms with Gasteiger partial charge in [0, 0.05) is 12.7 Å². The summed E-state index contributed by atoms with van der Waals surface area (Å²) in [5, 5.41) is 15.0. The first kappa shape index (κ1) is 20.6. The molecule has 4 aromatic rings. The van der Waals surface area contributed by atoms with Crippen molar-refractivity contribution in [2.45, 2.75) is 19.0 Å². The average Bonchev–Trinajstić information content (AvgIpc) is 3.29. The van der Waals surface area contributed by atoms with Gasteiger partial charge in [-0.25, -0.2) is 4.68 Å². The normalized spacial score (nSPS) is 10.9. The van der Waals surface area contributed by atoms with Crippen LogP contribution in [0, 0.1) is 13.8 Å². The van der Waals surface area contributed by atoms with Crippen molar-refractivity contribution in [2.75, 3.05) is 11.1 Å². The van der Waals surface area contributed by atoms with Gasteiger partial charge in [-0.1, -0.05) is 42.1 Å². The van der Waals surface area contributed by atoms with Gasteiger partial charge in [0.1, 0.15) is 0 Å². The number of nitrogens with zero attached hydrogens (tertiary/aromatic N) is 6. The quantitative estimate of drug-likeness (QED) is 0.467. The number of hydrogen-bond donors (Lipinski definition) is 1. The van der Waals surface area contributed by atoms with Gasteiger partial charge >= 0.3 is 0 Å². The summed E-state index contributed by atoms with van der Waals surface area (Å²) in [7, 11) is 1.81. The lowest BCUT2D eigenvalue weighted by Crippen LogP contribution is -2.22. The largest absolute Gasteiger partial charge is 0.325 e. The predicted octanol–water partition coefficient (Wildman–Crippen LogP) is 2.50. The van der Waals surface area contributed by atoms with Crippen molar-refractivity contribution in [3.8, 4) is 11.4 Å². The van der Waals surface area contributed by atoms with Crippen LogP contribution >= 0.6 is 11.8 Å². The molecule has 2 heterocycles. The summed E-state index contributed by atoms with van der Waals surface area (Å²) in [5.41, 5.74) is 3.33. The average molecular weight is 436 g/mol. The Morgan fingerprint density at radius 1 is 1.10 bits per heavy atom. The van der Waals surface area contributed by atoms with E-state index < -0.39 is 0 Å². The number of anilines is 1. The third kappa shape index (κ3) is 4.15. The van der Waals surface area contributed by atoms with Crippen molar-refractivity contribution in [3.63, 3.8) is 0 Å². The highest BCUT2D eigenvalue weighted by Gasteiger charge is 2.22. The molecule has 4 rings (SSSR count). The number of aryl methyl sites for hydroxylation is 1. The molecular weight excluding hydrogens is 414 g/mol. The number of nitrogens with one attached hydrogen (secondary N) is 1. The number of carbonyl (C=O) groups is 1. The van der Waals surface area contributed by atoms with Gasteiger partial charge in [-0.2, -0.15) is 4.68 Å². The first-order valence-electron chi connectivity index (χ1n) is 9.58. The Balaban J connectivity index is 1.58. The lowest BCUT2D eigenvalue weighted by Gasteiger charge is -2.07. The van der Waals surface area contributed by atoms with Crippen LogP contribution in [-0.4, -0.2) is 41.2 Å². The van der Waals surface area contributed by atoms with E-state index in [2.05, 4.69) is 20.8 Å². The number of benzene rings is 2. The zero-order chi connectivity index (χ0) is 22.0. The zero-order valence-corrected chi connectivity index (χ0v) is 18.1. The smallest absolute Gasteiger partial charge is 0.297 e. The van der Waals surface area contributed by atoms with Crippen LogP contribution in [-0.2, 0) is 11.8 Å². The van der Waals surface area contributed by atoms with Gasteiger partial charge in [-0.15, -0.1) is 5.10 Å². The van der Waals surface area contributed by atoms with Crippen molar-refractivity contribution < 1.29 is 4.79 Å². The standard InChI is InChI=1S/C21H21N7O2S/c1-14-8-7-9-16(12-14)22-18(29)13-31-21-23-24-25-27(21)19-15(2)26(3)28(20(19)30)17-10-5-4-6-11-17/h4-12H,13H2,1-3H3,(H,22,29). The Morgan fingerprint density at radius 3 is 2.61 bits per heavy atom. The minimum atomic E-state index is -0.246. The van der Waals surface area contributed by atoms with Crippen LogP contribution in [0.25, 0.3) is 11.4 Å². The molecule has 31 heavy (non-hydrogen) atoms. The highest BCUT2D eigenvalue weighted by molar-refractivity contribution is 7.99. The molecule has 0 spiro atoms. The molecule has 0 radical (unpaired) electrons. The van der Waals surface area contributed by atoms with Gasteiger partial charge < -0.3 is 5.32 Å². The fraction of sp³-hybridized carbons (Fsp3) is 0.190. The number of aromatic nitrogens is 6. The van der Waals surface area contributed by atoms with E-state index in [0.717, 1.165) is 16.9 Å². The monoisotopic (exact) mass is 435 g/mol. The number of amides is 1. The Bertz CT molecular complexity index is 1290. The Hall–Kier alpha value is -3.66. The van der Waals surface area contributed by atoms with Gasteiger partial charge in [0.2, 0.25) is 11.1 Å². The Kier molecular flexibility index (Phi) is 5.72. The summed E-state index contributed by atoms with van der Waals surface area (Å²) >= 11 is 1.17. The van der Waals surface area contributed by atoms with Gasteiger partial charge in [0.25, 0.3) is 5.56 Å². The predicted molar refractivity (Wildman–Crippen MR) is 119 cm³/mol. The maximum atomic E-state index is 13.2. The van der Waals surface area contributed by atoms with E-state index in [-0.39, 0.29) is 17.2 Å². The van der Waals surface area contributed by atoms with Crippen molar-refractivity contribution in [2.24, 2.45) is 7.05 Å². The van der Waals surface area contributed by atoms with E-state index in [0.29, 0.717) is 16.5 Å². The summed E-state index contributed by atoms with van der Waals surface area (Å²) < 4.78 is 4.71. The summed E-state index contributed by atoms with van der Waals surface area (Å²) in [6, 6.07) is 16.9. The highest BCUT2D eigenvalue weighted by Crippen LogP contribution is 2.20. The van der Waals surface area contributed by atoms with Gasteiger partial charge in [-0.3, -0.25) is 14.3 Å². The molecule has 9 nitrogen and oxygen atoms in total. The second-order valence-corrected chi connectivity index (χ2v) is 7.93. The van der Waals surface area contributed by atoms with Gasteiger partial charge in [0.15, 0.2) is 5.69 Å².